The summed E-state index contributed by atoms with van der Waals surface area (Å²) in [5.74, 6) is 1.39. The van der Waals surface area contributed by atoms with Crippen molar-refractivity contribution in [2.75, 3.05) is 12.5 Å². The summed E-state index contributed by atoms with van der Waals surface area (Å²) >= 11 is 33.4. The number of aromatic nitrogens is 6. The molecule has 0 bridgehead atoms. The molecule has 0 unspecified atom stereocenters. The molecule has 4 heterocycles. The summed E-state index contributed by atoms with van der Waals surface area (Å²) in [4.78, 5) is 19.2. The average molecular weight is 953 g/mol. The predicted molar refractivity (Wildman–Crippen MR) is 263 cm³/mol. The number of nitrogens with zero attached hydrogens (tertiary/aromatic N) is 6. The first-order valence-corrected chi connectivity index (χ1v) is 23.1. The molecule has 0 aliphatic carbocycles. The number of benzene rings is 6. The second-order valence-electron chi connectivity index (χ2n) is 13.5. The molecule has 0 aliphatic rings. The number of fused-ring (bicyclic) bond motifs is 6. The Morgan fingerprint density at radius 1 is 0.468 bits per heavy atom. The highest BCUT2D eigenvalue weighted by Gasteiger charge is 2.18. The highest BCUT2D eigenvalue weighted by Crippen LogP contribution is 2.36. The second kappa shape index (κ2) is 19.3. The van der Waals surface area contributed by atoms with Crippen LogP contribution in [0.5, 0.6) is 0 Å². The van der Waals surface area contributed by atoms with Crippen molar-refractivity contribution in [2.24, 2.45) is 0 Å². The van der Waals surface area contributed by atoms with Crippen LogP contribution in [0.25, 0.3) is 66.5 Å². The topological polar surface area (TPSA) is 102 Å². The minimum Gasteiger partial charge on any atom is -0.423 e. The van der Waals surface area contributed by atoms with Crippen molar-refractivity contribution in [3.63, 3.8) is 0 Å². The molecule has 0 radical (unpaired) electrons. The van der Waals surface area contributed by atoms with Gasteiger partial charge in [0.15, 0.2) is 0 Å². The van der Waals surface area contributed by atoms with Crippen LogP contribution >= 0.6 is 81.5 Å². The Morgan fingerprint density at radius 2 is 0.887 bits per heavy atom. The van der Waals surface area contributed by atoms with Gasteiger partial charge in [-0.2, -0.15) is 9.97 Å². The van der Waals surface area contributed by atoms with E-state index in [0.29, 0.717) is 26.5 Å². The third kappa shape index (κ3) is 9.15. The number of thioether (sulfide) groups is 2. The van der Waals surface area contributed by atoms with Gasteiger partial charge in [-0.25, -0.2) is 9.97 Å². The van der Waals surface area contributed by atoms with Gasteiger partial charge >= 0.3 is 7.12 Å². The predicted octanol–water partition coefficient (Wildman–Crippen LogP) is 12.9. The van der Waals surface area contributed by atoms with Crippen molar-refractivity contribution in [1.82, 2.24) is 29.1 Å². The summed E-state index contributed by atoms with van der Waals surface area (Å²) in [7, 11) is -1.45. The lowest BCUT2D eigenvalue weighted by molar-refractivity contribution is 0.425. The van der Waals surface area contributed by atoms with Gasteiger partial charge in [0, 0.05) is 59.1 Å². The number of rotatable bonds is 6. The highest BCUT2D eigenvalue weighted by atomic mass is 35.5. The molecule has 6 aromatic carbocycles. The van der Waals surface area contributed by atoms with Gasteiger partial charge in [0.05, 0.1) is 27.8 Å². The second-order valence-corrected chi connectivity index (χ2v) is 17.2. The summed E-state index contributed by atoms with van der Waals surface area (Å²) < 4.78 is 4.18. The quantitative estimate of drug-likeness (QED) is 0.0735. The fraction of sp³-hybridized carbons (Fsp3) is 0.0435. The standard InChI is InChI=1S/C23H15Cl2N3S.C16H9Cl2N3.C7H8BClO2S/c1-29-21-11-10-14(24)12-17(21)18-13-22(27-23(25)26-18)28-19-8-4-2-6-15(19)16-7-3-5-9-20(16)28;17-14-9-15(20-16(18)19-14)21-12-7-3-1-5-10(12)11-6-2-4-8-13(11)21;1-12-7-3-2-5(9)4-6(7)8(10)11/h2-13H,1H3;1-9H;2-4,10-11H,1H3. The highest BCUT2D eigenvalue weighted by molar-refractivity contribution is 7.99. The molecule has 10 aromatic rings. The van der Waals surface area contributed by atoms with Gasteiger partial charge < -0.3 is 10.0 Å². The molecular weight excluding hydrogens is 921 g/mol. The fourth-order valence-electron chi connectivity index (χ4n) is 7.28. The molecule has 8 nitrogen and oxygen atoms in total. The van der Waals surface area contributed by atoms with Crippen LogP contribution in [-0.2, 0) is 0 Å². The van der Waals surface area contributed by atoms with E-state index in [-0.39, 0.29) is 10.6 Å². The molecule has 16 heteroatoms. The van der Waals surface area contributed by atoms with Crippen LogP contribution < -0.4 is 5.46 Å². The summed E-state index contributed by atoms with van der Waals surface area (Å²) in [6, 6.07) is 47.5. The summed E-state index contributed by atoms with van der Waals surface area (Å²) in [6.45, 7) is 0. The van der Waals surface area contributed by atoms with E-state index in [1.807, 2.05) is 89.9 Å². The zero-order valence-corrected chi connectivity index (χ0v) is 38.1. The normalized spacial score (nSPS) is 11.1. The fourth-order valence-corrected chi connectivity index (χ4v) is 9.40. The van der Waals surface area contributed by atoms with Crippen LogP contribution in [0.15, 0.2) is 155 Å². The van der Waals surface area contributed by atoms with E-state index in [4.69, 9.17) is 68.1 Å². The number of halogens is 5. The van der Waals surface area contributed by atoms with Crippen molar-refractivity contribution in [2.45, 2.75) is 9.79 Å². The van der Waals surface area contributed by atoms with E-state index in [9.17, 15) is 0 Å². The summed E-state index contributed by atoms with van der Waals surface area (Å²) in [5, 5.41) is 24.4. The first-order chi connectivity index (χ1) is 30.0. The average Bonchev–Trinajstić information content (AvgIpc) is 3.79. The maximum atomic E-state index is 8.94. The molecule has 0 fully saturated rings. The number of hydrogen-bond acceptors (Lipinski definition) is 8. The van der Waals surface area contributed by atoms with Crippen LogP contribution in [-0.4, -0.2) is 58.7 Å². The van der Waals surface area contributed by atoms with E-state index in [0.717, 1.165) is 48.9 Å². The SMILES string of the molecule is CSc1ccc(Cl)cc1-c1cc(-n2c3ccccc3c3ccccc32)nc(Cl)n1.CSc1ccc(Cl)cc1B(O)O.Clc1cc(-n2c3ccccc3c3ccccc32)nc(Cl)n1. The third-order valence-corrected chi connectivity index (χ3v) is 12.5. The molecule has 10 rings (SSSR count). The molecule has 0 aliphatic heterocycles. The molecular formula is C46H32BCl5N6O2S2. The van der Waals surface area contributed by atoms with Crippen molar-refractivity contribution >= 4 is 138 Å². The Balaban J connectivity index is 0.000000140. The van der Waals surface area contributed by atoms with Crippen LogP contribution in [0, 0.1) is 0 Å². The maximum absolute atomic E-state index is 8.94. The van der Waals surface area contributed by atoms with E-state index < -0.39 is 7.12 Å². The van der Waals surface area contributed by atoms with Gasteiger partial charge in [0.25, 0.3) is 0 Å². The zero-order chi connectivity index (χ0) is 43.5. The molecule has 0 saturated carbocycles. The molecule has 62 heavy (non-hydrogen) atoms. The first-order valence-electron chi connectivity index (χ1n) is 18.8. The lowest BCUT2D eigenvalue weighted by Crippen LogP contribution is -2.31. The lowest BCUT2D eigenvalue weighted by atomic mass is 9.80. The molecule has 2 N–H and O–H groups in total. The first kappa shape index (κ1) is 43.8. The van der Waals surface area contributed by atoms with Gasteiger partial charge in [0.2, 0.25) is 10.6 Å². The Morgan fingerprint density at radius 3 is 1.34 bits per heavy atom. The van der Waals surface area contributed by atoms with Crippen molar-refractivity contribution in [3.05, 3.63) is 171 Å². The maximum Gasteiger partial charge on any atom is 0.489 e. The lowest BCUT2D eigenvalue weighted by Gasteiger charge is -2.11. The monoisotopic (exact) mass is 950 g/mol. The molecule has 0 spiro atoms. The summed E-state index contributed by atoms with van der Waals surface area (Å²) in [5.41, 5.74) is 6.41. The minimum atomic E-state index is -1.45. The Kier molecular flexibility index (Phi) is 13.7. The van der Waals surface area contributed by atoms with E-state index in [1.165, 1.54) is 33.3 Å². The molecule has 308 valence electrons. The van der Waals surface area contributed by atoms with E-state index in [2.05, 4.69) is 73.0 Å². The van der Waals surface area contributed by atoms with E-state index >= 15 is 0 Å². The van der Waals surface area contributed by atoms with Gasteiger partial charge in [0.1, 0.15) is 16.8 Å². The Labute approximate surface area is 390 Å². The molecule has 0 amide bonds. The van der Waals surface area contributed by atoms with E-state index in [1.54, 1.807) is 36.0 Å². The van der Waals surface area contributed by atoms with Crippen LogP contribution in [0.3, 0.4) is 0 Å². The van der Waals surface area contributed by atoms with Gasteiger partial charge in [-0.1, -0.05) is 108 Å². The van der Waals surface area contributed by atoms with Gasteiger partial charge in [-0.3, -0.25) is 9.13 Å². The molecule has 4 aromatic heterocycles. The van der Waals surface area contributed by atoms with Crippen molar-refractivity contribution in [3.8, 4) is 22.9 Å². The van der Waals surface area contributed by atoms with Gasteiger partial charge in [-0.15, -0.1) is 23.5 Å². The molecule has 0 atom stereocenters. The largest absolute Gasteiger partial charge is 0.489 e. The Bertz CT molecular complexity index is 3130. The van der Waals surface area contributed by atoms with Crippen LogP contribution in [0.4, 0.5) is 0 Å². The van der Waals surface area contributed by atoms with Gasteiger partial charge in [-0.05, 0) is 102 Å². The smallest absolute Gasteiger partial charge is 0.423 e. The van der Waals surface area contributed by atoms with Crippen molar-refractivity contribution in [1.29, 1.82) is 0 Å². The number of para-hydroxylation sites is 4. The third-order valence-electron chi connectivity index (χ3n) is 9.87. The van der Waals surface area contributed by atoms with Crippen LogP contribution in [0.1, 0.15) is 0 Å². The zero-order valence-electron chi connectivity index (χ0n) is 32.7. The Hall–Kier alpha value is -4.79. The van der Waals surface area contributed by atoms with Crippen molar-refractivity contribution < 1.29 is 10.0 Å². The molecule has 0 saturated heterocycles. The number of hydrogen-bond donors (Lipinski definition) is 2. The summed E-state index contributed by atoms with van der Waals surface area (Å²) in [6.07, 6.45) is 3.90. The van der Waals surface area contributed by atoms with Crippen LogP contribution in [0.2, 0.25) is 25.8 Å². The minimum absolute atomic E-state index is 0.138.